The molecule has 1 aromatic heterocycles. The third-order valence-corrected chi connectivity index (χ3v) is 6.90. The fourth-order valence-electron chi connectivity index (χ4n) is 3.73. The van der Waals surface area contributed by atoms with E-state index in [9.17, 15) is 13.2 Å². The molecule has 0 unspecified atom stereocenters. The predicted molar refractivity (Wildman–Crippen MR) is 120 cm³/mol. The monoisotopic (exact) mass is 458 g/mol. The number of rotatable bonds is 4. The minimum Gasteiger partial charge on any atom is -0.322 e. The van der Waals surface area contributed by atoms with Gasteiger partial charge in [-0.1, -0.05) is 24.1 Å². The Morgan fingerprint density at radius 2 is 1.90 bits per heavy atom. The number of halogens is 1. The number of aromatic nitrogens is 3. The van der Waals surface area contributed by atoms with E-state index in [0.29, 0.717) is 33.2 Å². The second-order valence-electron chi connectivity index (χ2n) is 7.80. The van der Waals surface area contributed by atoms with Crippen LogP contribution in [-0.2, 0) is 22.8 Å². The topological polar surface area (TPSA) is 93.9 Å². The SMILES string of the molecule is Cc1ccc(S(C)(=O)=O)cc1C(=O)Nc1ccc(Cl)c(-c2nnc3n2CCCCC3)c1. The number of benzene rings is 2. The number of nitrogens with zero attached hydrogens (tertiary/aromatic N) is 3. The Balaban J connectivity index is 1.66. The zero-order valence-electron chi connectivity index (χ0n) is 17.4. The van der Waals surface area contributed by atoms with Crippen LogP contribution in [0.2, 0.25) is 5.02 Å². The second kappa shape index (κ2) is 8.43. The van der Waals surface area contributed by atoms with Crippen LogP contribution in [0.5, 0.6) is 0 Å². The van der Waals surface area contributed by atoms with E-state index in [1.807, 2.05) is 0 Å². The minimum absolute atomic E-state index is 0.103. The van der Waals surface area contributed by atoms with Crippen molar-refractivity contribution >= 4 is 33.0 Å². The van der Waals surface area contributed by atoms with Crippen molar-refractivity contribution < 1.29 is 13.2 Å². The van der Waals surface area contributed by atoms with E-state index in [-0.39, 0.29) is 4.90 Å². The molecule has 0 bridgehead atoms. The fourth-order valence-corrected chi connectivity index (χ4v) is 4.58. The lowest BCUT2D eigenvalue weighted by Crippen LogP contribution is -2.14. The van der Waals surface area contributed by atoms with Crippen LogP contribution in [0.1, 0.15) is 41.0 Å². The molecule has 9 heteroatoms. The molecule has 0 atom stereocenters. The first-order valence-electron chi connectivity index (χ1n) is 10.1. The molecule has 31 heavy (non-hydrogen) atoms. The van der Waals surface area contributed by atoms with E-state index in [2.05, 4.69) is 20.1 Å². The molecule has 3 aromatic rings. The van der Waals surface area contributed by atoms with Crippen LogP contribution in [-0.4, -0.2) is 35.3 Å². The molecule has 1 N–H and O–H groups in total. The third kappa shape index (κ3) is 4.50. The van der Waals surface area contributed by atoms with Crippen LogP contribution in [0.3, 0.4) is 0 Å². The number of amides is 1. The average Bonchev–Trinajstić information content (AvgIpc) is 2.96. The zero-order chi connectivity index (χ0) is 22.2. The summed E-state index contributed by atoms with van der Waals surface area (Å²) < 4.78 is 25.8. The van der Waals surface area contributed by atoms with Crippen LogP contribution >= 0.6 is 11.6 Å². The van der Waals surface area contributed by atoms with Crippen LogP contribution in [0.25, 0.3) is 11.4 Å². The van der Waals surface area contributed by atoms with Gasteiger partial charge in [0.2, 0.25) is 0 Å². The summed E-state index contributed by atoms with van der Waals surface area (Å²) in [6.45, 7) is 2.60. The molecule has 0 saturated carbocycles. The molecule has 1 amide bonds. The van der Waals surface area contributed by atoms with Crippen LogP contribution in [0.15, 0.2) is 41.3 Å². The van der Waals surface area contributed by atoms with Crippen molar-refractivity contribution in [2.75, 3.05) is 11.6 Å². The van der Waals surface area contributed by atoms with E-state index in [1.165, 1.54) is 12.1 Å². The number of nitrogens with one attached hydrogen (secondary N) is 1. The lowest BCUT2D eigenvalue weighted by atomic mass is 10.1. The summed E-state index contributed by atoms with van der Waals surface area (Å²) in [4.78, 5) is 13.0. The molecule has 0 spiro atoms. The number of carbonyl (C=O) groups excluding carboxylic acids is 1. The van der Waals surface area contributed by atoms with Gasteiger partial charge in [-0.15, -0.1) is 10.2 Å². The van der Waals surface area contributed by atoms with E-state index >= 15 is 0 Å². The molecule has 4 rings (SSSR count). The molecule has 2 heterocycles. The highest BCUT2D eigenvalue weighted by molar-refractivity contribution is 7.90. The van der Waals surface area contributed by atoms with Gasteiger partial charge in [0, 0.05) is 36.0 Å². The Bertz CT molecular complexity index is 1270. The fraction of sp³-hybridized carbons (Fsp3) is 0.318. The lowest BCUT2D eigenvalue weighted by Gasteiger charge is -2.12. The van der Waals surface area contributed by atoms with E-state index in [4.69, 9.17) is 11.6 Å². The summed E-state index contributed by atoms with van der Waals surface area (Å²) in [5.74, 6) is 1.25. The third-order valence-electron chi connectivity index (χ3n) is 5.46. The summed E-state index contributed by atoms with van der Waals surface area (Å²) in [5.41, 5.74) is 2.22. The Labute approximate surface area is 186 Å². The van der Waals surface area contributed by atoms with Gasteiger partial charge in [0.05, 0.1) is 9.92 Å². The maximum Gasteiger partial charge on any atom is 0.255 e. The van der Waals surface area contributed by atoms with Crippen molar-refractivity contribution in [3.8, 4) is 11.4 Å². The summed E-state index contributed by atoms with van der Waals surface area (Å²) >= 11 is 6.46. The highest BCUT2D eigenvalue weighted by Crippen LogP contribution is 2.31. The van der Waals surface area contributed by atoms with Gasteiger partial charge < -0.3 is 9.88 Å². The van der Waals surface area contributed by atoms with Gasteiger partial charge in [-0.25, -0.2) is 8.42 Å². The summed E-state index contributed by atoms with van der Waals surface area (Å²) in [5, 5.41) is 12.0. The molecular weight excluding hydrogens is 436 g/mol. The molecule has 0 aliphatic carbocycles. The Hall–Kier alpha value is -2.71. The Kier molecular flexibility index (Phi) is 5.85. The van der Waals surface area contributed by atoms with Crippen LogP contribution in [0.4, 0.5) is 5.69 Å². The van der Waals surface area contributed by atoms with Gasteiger partial charge in [0.1, 0.15) is 5.82 Å². The highest BCUT2D eigenvalue weighted by Gasteiger charge is 2.19. The molecule has 1 aliphatic rings. The average molecular weight is 459 g/mol. The number of sulfone groups is 1. The first-order chi connectivity index (χ1) is 14.7. The smallest absolute Gasteiger partial charge is 0.255 e. The van der Waals surface area contributed by atoms with E-state index in [0.717, 1.165) is 44.3 Å². The zero-order valence-corrected chi connectivity index (χ0v) is 18.9. The van der Waals surface area contributed by atoms with Crippen LogP contribution < -0.4 is 5.32 Å². The largest absolute Gasteiger partial charge is 0.322 e. The molecule has 1 aliphatic heterocycles. The van der Waals surface area contributed by atoms with Gasteiger partial charge >= 0.3 is 0 Å². The predicted octanol–water partition coefficient (Wildman–Crippen LogP) is 4.29. The molecule has 0 saturated heterocycles. The number of fused-ring (bicyclic) bond motifs is 1. The molecule has 7 nitrogen and oxygen atoms in total. The minimum atomic E-state index is -3.42. The van der Waals surface area contributed by atoms with E-state index in [1.54, 1.807) is 31.2 Å². The van der Waals surface area contributed by atoms with Crippen molar-refractivity contribution in [2.24, 2.45) is 0 Å². The number of aryl methyl sites for hydroxylation is 2. The van der Waals surface area contributed by atoms with Gasteiger partial charge in [0.15, 0.2) is 15.7 Å². The Morgan fingerprint density at radius 3 is 2.68 bits per heavy atom. The van der Waals surface area contributed by atoms with Crippen molar-refractivity contribution in [1.29, 1.82) is 0 Å². The number of hydrogen-bond donors (Lipinski definition) is 1. The summed E-state index contributed by atoms with van der Waals surface area (Å²) in [7, 11) is -3.42. The number of hydrogen-bond acceptors (Lipinski definition) is 5. The molecule has 2 aromatic carbocycles. The first kappa shape index (κ1) is 21.5. The van der Waals surface area contributed by atoms with Crippen molar-refractivity contribution in [3.63, 3.8) is 0 Å². The van der Waals surface area contributed by atoms with E-state index < -0.39 is 15.7 Å². The van der Waals surface area contributed by atoms with Crippen LogP contribution in [0, 0.1) is 6.92 Å². The second-order valence-corrected chi connectivity index (χ2v) is 10.2. The van der Waals surface area contributed by atoms with Gasteiger partial charge in [-0.3, -0.25) is 4.79 Å². The Morgan fingerprint density at radius 1 is 1.10 bits per heavy atom. The van der Waals surface area contributed by atoms with Crippen molar-refractivity contribution in [1.82, 2.24) is 14.8 Å². The highest BCUT2D eigenvalue weighted by atomic mass is 35.5. The van der Waals surface area contributed by atoms with Crippen molar-refractivity contribution in [3.05, 3.63) is 58.4 Å². The summed E-state index contributed by atoms with van der Waals surface area (Å²) in [6.07, 6.45) is 5.30. The quantitative estimate of drug-likeness (QED) is 0.629. The summed E-state index contributed by atoms with van der Waals surface area (Å²) in [6, 6.07) is 9.72. The van der Waals surface area contributed by atoms with Gasteiger partial charge in [-0.2, -0.15) is 0 Å². The normalized spacial score (nSPS) is 14.0. The number of anilines is 1. The standard InChI is InChI=1S/C22H23ClN4O3S/c1-14-7-9-16(31(2,29)30)13-17(14)22(28)24-15-8-10-19(23)18(12-15)21-26-25-20-6-4-3-5-11-27(20)21/h7-10,12-13H,3-6,11H2,1-2H3,(H,24,28). The first-order valence-corrected chi connectivity index (χ1v) is 12.3. The maximum atomic E-state index is 12.9. The van der Waals surface area contributed by atoms with Gasteiger partial charge in [-0.05, 0) is 55.7 Å². The number of carbonyl (C=O) groups is 1. The van der Waals surface area contributed by atoms with Gasteiger partial charge in [0.25, 0.3) is 5.91 Å². The lowest BCUT2D eigenvalue weighted by molar-refractivity contribution is 0.102. The van der Waals surface area contributed by atoms with Crippen molar-refractivity contribution in [2.45, 2.75) is 44.0 Å². The molecule has 162 valence electrons. The maximum absolute atomic E-state index is 12.9. The molecule has 0 fully saturated rings. The molecule has 0 radical (unpaired) electrons. The molecular formula is C22H23ClN4O3S.